The van der Waals surface area contributed by atoms with E-state index in [1.807, 2.05) is 0 Å². The number of amides is 1. The number of nitrogens with zero attached hydrogens (tertiary/aromatic N) is 1. The summed E-state index contributed by atoms with van der Waals surface area (Å²) < 4.78 is 31.9. The summed E-state index contributed by atoms with van der Waals surface area (Å²) in [6.07, 6.45) is 3.95. The van der Waals surface area contributed by atoms with E-state index in [2.05, 4.69) is 10.6 Å². The highest BCUT2D eigenvalue weighted by atomic mass is 35.5. The molecule has 1 aliphatic heterocycles. The Morgan fingerprint density at radius 2 is 1.67 bits per heavy atom. The lowest BCUT2D eigenvalue weighted by Crippen LogP contribution is -2.33. The molecule has 0 saturated carbocycles. The molecule has 1 heterocycles. The van der Waals surface area contributed by atoms with Gasteiger partial charge < -0.3 is 15.4 Å². The fraction of sp³-hybridized carbons (Fsp3) is 0.611. The molecule has 1 amide bonds. The Bertz CT molecular complexity index is 660. The molecule has 0 bridgehead atoms. The number of carbonyl (C=O) groups excluding carboxylic acids is 1. The number of ether oxygens (including phenoxy) is 1. The third-order valence-electron chi connectivity index (χ3n) is 4.39. The van der Waals surface area contributed by atoms with E-state index in [1.54, 1.807) is 23.5 Å². The van der Waals surface area contributed by atoms with Crippen LogP contribution < -0.4 is 10.6 Å². The van der Waals surface area contributed by atoms with Crippen LogP contribution in [0.3, 0.4) is 0 Å². The normalized spacial score (nSPS) is 15.6. The zero-order valence-electron chi connectivity index (χ0n) is 15.8. The molecular weight excluding hydrogens is 390 g/mol. The summed E-state index contributed by atoms with van der Waals surface area (Å²) in [5, 5.41) is 5.94. The van der Waals surface area contributed by atoms with Crippen LogP contribution in [0.15, 0.2) is 29.2 Å². The molecule has 1 aromatic rings. The first-order valence-corrected chi connectivity index (χ1v) is 10.6. The number of methoxy groups -OCH3 is 1. The molecule has 154 valence electrons. The summed E-state index contributed by atoms with van der Waals surface area (Å²) in [6, 6.07) is 6.18. The average Bonchev–Trinajstić information content (AvgIpc) is 2.94. The Morgan fingerprint density at radius 3 is 2.26 bits per heavy atom. The van der Waals surface area contributed by atoms with Crippen LogP contribution in [0.5, 0.6) is 0 Å². The second kappa shape index (κ2) is 12.3. The molecule has 27 heavy (non-hydrogen) atoms. The van der Waals surface area contributed by atoms with Crippen molar-refractivity contribution in [3.63, 3.8) is 0 Å². The number of rotatable bonds is 9. The Labute approximate surface area is 168 Å². The highest BCUT2D eigenvalue weighted by molar-refractivity contribution is 7.89. The number of hydrogen-bond acceptors (Lipinski definition) is 5. The van der Waals surface area contributed by atoms with Crippen molar-refractivity contribution in [3.05, 3.63) is 29.8 Å². The maximum absolute atomic E-state index is 12.7. The van der Waals surface area contributed by atoms with E-state index in [1.165, 1.54) is 12.1 Å². The van der Waals surface area contributed by atoms with Crippen molar-refractivity contribution in [1.29, 1.82) is 0 Å². The molecule has 2 rings (SSSR count). The van der Waals surface area contributed by atoms with Gasteiger partial charge in [0.1, 0.15) is 0 Å². The van der Waals surface area contributed by atoms with Crippen LogP contribution in [-0.4, -0.2) is 65.1 Å². The van der Waals surface area contributed by atoms with Gasteiger partial charge in [-0.25, -0.2) is 8.42 Å². The van der Waals surface area contributed by atoms with Gasteiger partial charge in [-0.1, -0.05) is 12.8 Å². The Hall–Kier alpha value is -1.19. The van der Waals surface area contributed by atoms with E-state index < -0.39 is 10.0 Å². The van der Waals surface area contributed by atoms with Crippen molar-refractivity contribution >= 4 is 28.3 Å². The molecule has 1 fully saturated rings. The monoisotopic (exact) mass is 419 g/mol. The highest BCUT2D eigenvalue weighted by Gasteiger charge is 2.25. The molecule has 2 N–H and O–H groups in total. The summed E-state index contributed by atoms with van der Waals surface area (Å²) >= 11 is 0. The van der Waals surface area contributed by atoms with E-state index in [0.29, 0.717) is 38.3 Å². The number of benzene rings is 1. The molecular formula is C18H30ClN3O4S. The van der Waals surface area contributed by atoms with Gasteiger partial charge in [-0.05, 0) is 37.1 Å². The molecule has 1 aromatic carbocycles. The summed E-state index contributed by atoms with van der Waals surface area (Å²) in [5.74, 6) is -0.211. The van der Waals surface area contributed by atoms with Gasteiger partial charge >= 0.3 is 0 Å². The van der Waals surface area contributed by atoms with Gasteiger partial charge in [0.05, 0.1) is 11.5 Å². The molecule has 1 saturated heterocycles. The molecule has 0 atom stereocenters. The quantitative estimate of drug-likeness (QED) is 0.594. The maximum Gasteiger partial charge on any atom is 0.251 e. The lowest BCUT2D eigenvalue weighted by molar-refractivity contribution is 0.0953. The summed E-state index contributed by atoms with van der Waals surface area (Å²) in [7, 11) is -1.84. The summed E-state index contributed by atoms with van der Waals surface area (Å²) in [4.78, 5) is 12.4. The van der Waals surface area contributed by atoms with Crippen LogP contribution in [0.1, 0.15) is 36.0 Å². The van der Waals surface area contributed by atoms with Gasteiger partial charge in [0.15, 0.2) is 0 Å². The van der Waals surface area contributed by atoms with E-state index in [4.69, 9.17) is 4.74 Å². The zero-order valence-corrected chi connectivity index (χ0v) is 17.4. The highest BCUT2D eigenvalue weighted by Crippen LogP contribution is 2.20. The van der Waals surface area contributed by atoms with Crippen molar-refractivity contribution in [2.75, 3.05) is 46.4 Å². The standard InChI is InChI=1S/C18H29N3O4S.ClH/c1-25-15-12-19-10-11-20-18(22)16-6-8-17(9-7-16)26(23,24)21-13-4-2-3-5-14-21;/h6-9,19H,2-5,10-15H2,1H3,(H,20,22);1H. The fourth-order valence-corrected chi connectivity index (χ4v) is 4.39. The van der Waals surface area contributed by atoms with Gasteiger partial charge in [-0.2, -0.15) is 4.31 Å². The third kappa shape index (κ3) is 7.38. The second-order valence-corrected chi connectivity index (χ2v) is 8.28. The summed E-state index contributed by atoms with van der Waals surface area (Å²) in [6.45, 7) is 3.64. The van der Waals surface area contributed by atoms with Crippen molar-refractivity contribution in [1.82, 2.24) is 14.9 Å². The largest absolute Gasteiger partial charge is 0.383 e. The predicted octanol–water partition coefficient (Wildman–Crippen LogP) is 1.64. The van der Waals surface area contributed by atoms with Crippen LogP contribution >= 0.6 is 12.4 Å². The van der Waals surface area contributed by atoms with Crippen molar-refractivity contribution in [2.24, 2.45) is 0 Å². The molecule has 0 unspecified atom stereocenters. The van der Waals surface area contributed by atoms with Crippen LogP contribution in [0.4, 0.5) is 0 Å². The minimum Gasteiger partial charge on any atom is -0.383 e. The molecule has 0 aliphatic carbocycles. The van der Waals surface area contributed by atoms with Crippen molar-refractivity contribution in [3.8, 4) is 0 Å². The lowest BCUT2D eigenvalue weighted by Gasteiger charge is -2.20. The fourth-order valence-electron chi connectivity index (χ4n) is 2.88. The number of carbonyl (C=O) groups is 1. The Balaban J connectivity index is 0.00000364. The maximum atomic E-state index is 12.7. The minimum absolute atomic E-state index is 0. The Kier molecular flexibility index (Phi) is 10.9. The van der Waals surface area contributed by atoms with E-state index in [0.717, 1.165) is 32.2 Å². The smallest absolute Gasteiger partial charge is 0.251 e. The Morgan fingerprint density at radius 1 is 1.04 bits per heavy atom. The predicted molar refractivity (Wildman–Crippen MR) is 108 cm³/mol. The van der Waals surface area contributed by atoms with Crippen LogP contribution in [-0.2, 0) is 14.8 Å². The number of halogens is 1. The molecule has 0 spiro atoms. The minimum atomic E-state index is -3.48. The van der Waals surface area contributed by atoms with Crippen molar-refractivity contribution in [2.45, 2.75) is 30.6 Å². The van der Waals surface area contributed by atoms with Gasteiger partial charge in [0, 0.05) is 45.4 Å². The number of sulfonamides is 1. The van der Waals surface area contributed by atoms with Gasteiger partial charge in [-0.15, -0.1) is 12.4 Å². The molecule has 7 nitrogen and oxygen atoms in total. The molecule has 1 aliphatic rings. The summed E-state index contributed by atoms with van der Waals surface area (Å²) in [5.41, 5.74) is 0.455. The van der Waals surface area contributed by atoms with Gasteiger partial charge in [0.25, 0.3) is 5.91 Å². The first kappa shape index (κ1) is 23.8. The lowest BCUT2D eigenvalue weighted by atomic mass is 10.2. The second-order valence-electron chi connectivity index (χ2n) is 6.34. The van der Waals surface area contributed by atoms with Crippen LogP contribution in [0, 0.1) is 0 Å². The van der Waals surface area contributed by atoms with Crippen LogP contribution in [0.2, 0.25) is 0 Å². The van der Waals surface area contributed by atoms with Gasteiger partial charge in [0.2, 0.25) is 10.0 Å². The molecule has 0 aromatic heterocycles. The van der Waals surface area contributed by atoms with E-state index in [9.17, 15) is 13.2 Å². The first-order chi connectivity index (χ1) is 12.6. The van der Waals surface area contributed by atoms with Gasteiger partial charge in [-0.3, -0.25) is 4.79 Å². The van der Waals surface area contributed by atoms with Crippen molar-refractivity contribution < 1.29 is 17.9 Å². The van der Waals surface area contributed by atoms with E-state index >= 15 is 0 Å². The number of nitrogens with one attached hydrogen (secondary N) is 2. The molecule has 0 radical (unpaired) electrons. The SMILES string of the molecule is COCCNCCNC(=O)c1ccc(S(=O)(=O)N2CCCCCC2)cc1.Cl. The molecule has 9 heteroatoms. The first-order valence-electron chi connectivity index (χ1n) is 9.14. The van der Waals surface area contributed by atoms with E-state index in [-0.39, 0.29) is 23.2 Å². The number of hydrogen-bond donors (Lipinski definition) is 2. The zero-order chi connectivity index (χ0) is 18.8. The third-order valence-corrected chi connectivity index (χ3v) is 6.30. The van der Waals surface area contributed by atoms with Crippen LogP contribution in [0.25, 0.3) is 0 Å². The topological polar surface area (TPSA) is 87.7 Å². The average molecular weight is 420 g/mol.